The minimum absolute atomic E-state index is 0.129. The number of amides is 1. The van der Waals surface area contributed by atoms with Crippen molar-refractivity contribution < 1.29 is 18.4 Å². The molecular weight excluding hydrogens is 349 g/mol. The zero-order chi connectivity index (χ0) is 19.2. The van der Waals surface area contributed by atoms with Crippen LogP contribution in [0.5, 0.6) is 5.75 Å². The number of halogens is 1. The largest absolute Gasteiger partial charge is 0.491 e. The van der Waals surface area contributed by atoms with Crippen LogP contribution >= 0.6 is 0 Å². The van der Waals surface area contributed by atoms with E-state index in [0.717, 1.165) is 49.7 Å². The highest BCUT2D eigenvalue weighted by molar-refractivity contribution is 5.76. The van der Waals surface area contributed by atoms with Crippen LogP contribution in [0.1, 0.15) is 29.9 Å². The van der Waals surface area contributed by atoms with Crippen molar-refractivity contribution >= 4 is 5.91 Å². The highest BCUT2D eigenvalue weighted by Crippen LogP contribution is 2.17. The number of benzene rings is 1. The number of rotatable bonds is 7. The number of nitrogens with zero attached hydrogens (tertiary/aromatic N) is 3. The van der Waals surface area contributed by atoms with Crippen LogP contribution in [0.2, 0.25) is 0 Å². The molecule has 2 heterocycles. The Hall–Kier alpha value is -2.41. The lowest BCUT2D eigenvalue weighted by Gasteiger charge is -2.34. The Bertz CT molecular complexity index is 750. The number of hydrogen-bond donors (Lipinski definition) is 0. The monoisotopic (exact) mass is 375 g/mol. The molecule has 1 aliphatic rings. The first-order valence-corrected chi connectivity index (χ1v) is 9.34. The molecule has 146 valence electrons. The van der Waals surface area contributed by atoms with Gasteiger partial charge >= 0.3 is 0 Å². The molecule has 7 heteroatoms. The molecule has 3 rings (SSSR count). The molecule has 0 atom stereocenters. The van der Waals surface area contributed by atoms with Crippen molar-refractivity contribution in [3.8, 4) is 5.75 Å². The van der Waals surface area contributed by atoms with Gasteiger partial charge in [-0.1, -0.05) is 17.3 Å². The molecule has 0 unspecified atom stereocenters. The SMILES string of the molecule is Cc1noc(C)c1CN1CCN(C(=O)CCCOc2ccccc2F)CC1. The average molecular weight is 375 g/mol. The Morgan fingerprint density at radius 1 is 1.22 bits per heavy atom. The van der Waals surface area contributed by atoms with Crippen LogP contribution in [-0.4, -0.2) is 53.6 Å². The number of aryl methyl sites for hydroxylation is 2. The number of carbonyl (C=O) groups is 1. The van der Waals surface area contributed by atoms with E-state index in [1.807, 2.05) is 18.7 Å². The summed E-state index contributed by atoms with van der Waals surface area (Å²) in [5, 5.41) is 3.99. The van der Waals surface area contributed by atoms with Gasteiger partial charge in [-0.25, -0.2) is 4.39 Å². The summed E-state index contributed by atoms with van der Waals surface area (Å²) in [5.41, 5.74) is 2.07. The Balaban J connectivity index is 1.36. The summed E-state index contributed by atoms with van der Waals surface area (Å²) in [5.74, 6) is 0.848. The van der Waals surface area contributed by atoms with Crippen LogP contribution in [0, 0.1) is 19.7 Å². The maximum atomic E-state index is 13.5. The van der Waals surface area contributed by atoms with Gasteiger partial charge in [0.1, 0.15) is 5.76 Å². The van der Waals surface area contributed by atoms with Crippen LogP contribution in [0.3, 0.4) is 0 Å². The molecule has 1 fully saturated rings. The first-order valence-electron chi connectivity index (χ1n) is 9.34. The van der Waals surface area contributed by atoms with E-state index >= 15 is 0 Å². The molecule has 1 aromatic heterocycles. The maximum absolute atomic E-state index is 13.5. The number of aromatic nitrogens is 1. The molecule has 1 aromatic carbocycles. The Morgan fingerprint density at radius 3 is 2.63 bits per heavy atom. The molecule has 0 aliphatic carbocycles. The van der Waals surface area contributed by atoms with E-state index in [1.165, 1.54) is 6.07 Å². The van der Waals surface area contributed by atoms with Gasteiger partial charge in [0.25, 0.3) is 0 Å². The van der Waals surface area contributed by atoms with Crippen molar-refractivity contribution in [1.82, 2.24) is 15.0 Å². The van der Waals surface area contributed by atoms with Gasteiger partial charge in [-0.3, -0.25) is 9.69 Å². The van der Waals surface area contributed by atoms with E-state index in [1.54, 1.807) is 18.2 Å². The van der Waals surface area contributed by atoms with Crippen LogP contribution in [0.25, 0.3) is 0 Å². The molecule has 0 radical (unpaired) electrons. The standard InChI is InChI=1S/C20H26FN3O3/c1-15-17(16(2)27-22-15)14-23-9-11-24(12-10-23)20(25)8-5-13-26-19-7-4-3-6-18(19)21/h3-4,6-7H,5,8-14H2,1-2H3. The lowest BCUT2D eigenvalue weighted by atomic mass is 10.1. The first kappa shape index (κ1) is 19.4. The van der Waals surface area contributed by atoms with Gasteiger partial charge in [0.2, 0.25) is 5.91 Å². The Kier molecular flexibility index (Phi) is 6.45. The predicted octanol–water partition coefficient (Wildman–Crippen LogP) is 2.93. The molecule has 6 nitrogen and oxygen atoms in total. The summed E-state index contributed by atoms with van der Waals surface area (Å²) in [6, 6.07) is 6.31. The average Bonchev–Trinajstić information content (AvgIpc) is 2.99. The Labute approximate surface area is 158 Å². The first-order chi connectivity index (χ1) is 13.0. The summed E-state index contributed by atoms with van der Waals surface area (Å²) < 4.78 is 24.1. The molecule has 1 amide bonds. The third-order valence-corrected chi connectivity index (χ3v) is 4.92. The summed E-state index contributed by atoms with van der Waals surface area (Å²) >= 11 is 0. The van der Waals surface area contributed by atoms with Gasteiger partial charge < -0.3 is 14.2 Å². The molecule has 1 saturated heterocycles. The second-order valence-corrected chi connectivity index (χ2v) is 6.84. The van der Waals surface area contributed by atoms with E-state index in [2.05, 4.69) is 10.1 Å². The fourth-order valence-corrected chi connectivity index (χ4v) is 3.23. The van der Waals surface area contributed by atoms with Gasteiger partial charge in [0.05, 0.1) is 12.3 Å². The molecule has 0 saturated carbocycles. The van der Waals surface area contributed by atoms with Gasteiger partial charge in [-0.2, -0.15) is 0 Å². The van der Waals surface area contributed by atoms with E-state index in [9.17, 15) is 9.18 Å². The van der Waals surface area contributed by atoms with Gasteiger partial charge in [0, 0.05) is 44.7 Å². The summed E-state index contributed by atoms with van der Waals surface area (Å²) in [6.07, 6.45) is 0.991. The molecule has 0 N–H and O–H groups in total. The highest BCUT2D eigenvalue weighted by Gasteiger charge is 2.22. The van der Waals surface area contributed by atoms with Crippen molar-refractivity contribution in [3.63, 3.8) is 0 Å². The van der Waals surface area contributed by atoms with Crippen molar-refractivity contribution in [1.29, 1.82) is 0 Å². The molecule has 1 aliphatic heterocycles. The summed E-state index contributed by atoms with van der Waals surface area (Å²) in [7, 11) is 0. The second-order valence-electron chi connectivity index (χ2n) is 6.84. The fourth-order valence-electron chi connectivity index (χ4n) is 3.23. The highest BCUT2D eigenvalue weighted by atomic mass is 19.1. The third kappa shape index (κ3) is 5.07. The molecule has 2 aromatic rings. The van der Waals surface area contributed by atoms with Gasteiger partial charge in [-0.15, -0.1) is 0 Å². The van der Waals surface area contributed by atoms with Crippen molar-refractivity contribution in [2.75, 3.05) is 32.8 Å². The van der Waals surface area contributed by atoms with E-state index in [4.69, 9.17) is 9.26 Å². The lowest BCUT2D eigenvalue weighted by molar-refractivity contribution is -0.133. The Morgan fingerprint density at radius 2 is 1.96 bits per heavy atom. The minimum atomic E-state index is -0.377. The van der Waals surface area contributed by atoms with E-state index < -0.39 is 0 Å². The minimum Gasteiger partial charge on any atom is -0.491 e. The third-order valence-electron chi connectivity index (χ3n) is 4.92. The normalized spacial score (nSPS) is 15.1. The summed E-state index contributed by atoms with van der Waals surface area (Å²) in [4.78, 5) is 16.6. The van der Waals surface area contributed by atoms with Gasteiger partial charge in [0.15, 0.2) is 11.6 Å². The van der Waals surface area contributed by atoms with Crippen LogP contribution in [-0.2, 0) is 11.3 Å². The zero-order valence-electron chi connectivity index (χ0n) is 15.9. The molecule has 0 spiro atoms. The number of carbonyl (C=O) groups excluding carboxylic acids is 1. The second kappa shape index (κ2) is 8.99. The van der Waals surface area contributed by atoms with E-state index in [-0.39, 0.29) is 17.5 Å². The fraction of sp³-hybridized carbons (Fsp3) is 0.500. The quantitative estimate of drug-likeness (QED) is 0.697. The van der Waals surface area contributed by atoms with Gasteiger partial charge in [-0.05, 0) is 32.4 Å². The smallest absolute Gasteiger partial charge is 0.222 e. The number of hydrogen-bond acceptors (Lipinski definition) is 5. The molecule has 0 bridgehead atoms. The van der Waals surface area contributed by atoms with E-state index in [0.29, 0.717) is 19.4 Å². The van der Waals surface area contributed by atoms with Crippen molar-refractivity contribution in [3.05, 3.63) is 47.1 Å². The lowest BCUT2D eigenvalue weighted by Crippen LogP contribution is -2.48. The maximum Gasteiger partial charge on any atom is 0.222 e. The topological polar surface area (TPSA) is 58.8 Å². The predicted molar refractivity (Wildman–Crippen MR) is 99.0 cm³/mol. The number of ether oxygens (including phenoxy) is 1. The molecular formula is C20H26FN3O3. The van der Waals surface area contributed by atoms with Crippen LogP contribution < -0.4 is 4.74 Å². The number of para-hydroxylation sites is 1. The zero-order valence-corrected chi connectivity index (χ0v) is 15.9. The van der Waals surface area contributed by atoms with Crippen LogP contribution in [0.4, 0.5) is 4.39 Å². The molecule has 27 heavy (non-hydrogen) atoms. The van der Waals surface area contributed by atoms with Crippen molar-refractivity contribution in [2.45, 2.75) is 33.2 Å². The summed E-state index contributed by atoms with van der Waals surface area (Å²) in [6.45, 7) is 8.13. The van der Waals surface area contributed by atoms with Crippen molar-refractivity contribution in [2.24, 2.45) is 0 Å². The van der Waals surface area contributed by atoms with Crippen LogP contribution in [0.15, 0.2) is 28.8 Å². The number of piperazine rings is 1.